The molecule has 0 aromatic rings. The highest BCUT2D eigenvalue weighted by atomic mass is 16.5. The van der Waals surface area contributed by atoms with Crippen molar-refractivity contribution in [3.63, 3.8) is 0 Å². The quantitative estimate of drug-likeness (QED) is 0.571. The first kappa shape index (κ1) is 16.9. The third-order valence-corrected chi connectivity index (χ3v) is 4.00. The maximum Gasteiger partial charge on any atom is 0.0599 e. The van der Waals surface area contributed by atoms with Gasteiger partial charge in [-0.25, -0.2) is 0 Å². The molecule has 3 atom stereocenters. The summed E-state index contributed by atoms with van der Waals surface area (Å²) < 4.78 is 11.0. The number of methoxy groups -OCH3 is 2. The highest BCUT2D eigenvalue weighted by Gasteiger charge is 2.31. The molecule has 0 bridgehead atoms. The van der Waals surface area contributed by atoms with Crippen molar-refractivity contribution in [1.82, 2.24) is 0 Å². The van der Waals surface area contributed by atoms with Crippen LogP contribution in [0.2, 0.25) is 0 Å². The molecule has 0 saturated carbocycles. The van der Waals surface area contributed by atoms with Crippen LogP contribution in [-0.2, 0) is 9.47 Å². The van der Waals surface area contributed by atoms with Crippen molar-refractivity contribution < 1.29 is 9.47 Å². The van der Waals surface area contributed by atoms with Gasteiger partial charge in [-0.2, -0.15) is 0 Å². The molecule has 103 valence electrons. The summed E-state index contributed by atoms with van der Waals surface area (Å²) >= 11 is 0. The van der Waals surface area contributed by atoms with Gasteiger partial charge in [0.05, 0.1) is 12.2 Å². The second kappa shape index (κ2) is 8.93. The molecule has 0 heterocycles. The summed E-state index contributed by atoms with van der Waals surface area (Å²) in [6.45, 7) is 11.0. The second-order valence-electron chi connectivity index (χ2n) is 5.15. The first-order valence-corrected chi connectivity index (χ1v) is 6.95. The average Bonchev–Trinajstić information content (AvgIpc) is 2.36. The van der Waals surface area contributed by atoms with E-state index >= 15 is 0 Å². The summed E-state index contributed by atoms with van der Waals surface area (Å²) in [4.78, 5) is 0. The van der Waals surface area contributed by atoms with Crippen molar-refractivity contribution in [3.8, 4) is 0 Å². The first-order chi connectivity index (χ1) is 8.03. The van der Waals surface area contributed by atoms with E-state index in [0.29, 0.717) is 6.10 Å². The monoisotopic (exact) mass is 243 g/mol. The molecule has 0 N–H and O–H groups in total. The van der Waals surface area contributed by atoms with E-state index in [0.717, 1.165) is 25.7 Å². The molecule has 0 amide bonds. The van der Waals surface area contributed by atoms with Crippen LogP contribution in [0.15, 0.2) is 0 Å². The largest absolute Gasteiger partial charge is 0.381 e. The van der Waals surface area contributed by atoms with Crippen molar-refractivity contribution in [2.24, 2.45) is 5.41 Å². The number of hydrogen-bond acceptors (Lipinski definition) is 2. The summed E-state index contributed by atoms with van der Waals surface area (Å²) in [6, 6.07) is 0. The Bertz CT molecular complexity index is 178. The fourth-order valence-electron chi connectivity index (χ4n) is 2.25. The summed E-state index contributed by atoms with van der Waals surface area (Å²) in [5, 5.41) is 0. The Morgan fingerprint density at radius 3 is 2.18 bits per heavy atom. The highest BCUT2D eigenvalue weighted by molar-refractivity contribution is 4.88. The van der Waals surface area contributed by atoms with Crippen molar-refractivity contribution in [2.45, 2.75) is 71.5 Å². The van der Waals surface area contributed by atoms with Gasteiger partial charge in [0, 0.05) is 14.2 Å². The van der Waals surface area contributed by atoms with Crippen molar-refractivity contribution in [1.29, 1.82) is 0 Å². The Kier molecular flexibility index (Phi) is 8.89. The maximum absolute atomic E-state index is 5.51. The molecule has 0 aromatic heterocycles. The lowest BCUT2D eigenvalue weighted by atomic mass is 9.75. The SMILES string of the molecule is [CH2]C(CCCC)(CCC(CC)OC)C(C)OC. The Labute approximate surface area is 108 Å². The first-order valence-electron chi connectivity index (χ1n) is 6.95. The molecule has 0 aliphatic carbocycles. The van der Waals surface area contributed by atoms with E-state index < -0.39 is 0 Å². The van der Waals surface area contributed by atoms with Crippen LogP contribution >= 0.6 is 0 Å². The molecule has 0 rings (SSSR count). The van der Waals surface area contributed by atoms with E-state index in [1.807, 2.05) is 0 Å². The number of ether oxygens (including phenoxy) is 2. The summed E-state index contributed by atoms with van der Waals surface area (Å²) in [7, 11) is 3.58. The molecule has 0 saturated heterocycles. The third-order valence-electron chi connectivity index (χ3n) is 4.00. The van der Waals surface area contributed by atoms with Crippen LogP contribution < -0.4 is 0 Å². The van der Waals surface area contributed by atoms with E-state index in [-0.39, 0.29) is 11.5 Å². The van der Waals surface area contributed by atoms with Crippen LogP contribution in [0.5, 0.6) is 0 Å². The van der Waals surface area contributed by atoms with Gasteiger partial charge in [0.2, 0.25) is 0 Å². The normalized spacial score (nSPS) is 18.7. The van der Waals surface area contributed by atoms with Crippen molar-refractivity contribution in [2.75, 3.05) is 14.2 Å². The van der Waals surface area contributed by atoms with Crippen LogP contribution in [0.1, 0.15) is 59.3 Å². The van der Waals surface area contributed by atoms with Crippen LogP contribution in [0, 0.1) is 12.3 Å². The minimum atomic E-state index is 0.0384. The molecule has 0 fully saturated rings. The van der Waals surface area contributed by atoms with Gasteiger partial charge in [-0.05, 0) is 44.9 Å². The molecule has 2 nitrogen and oxygen atoms in total. The minimum Gasteiger partial charge on any atom is -0.381 e. The minimum absolute atomic E-state index is 0.0384. The van der Waals surface area contributed by atoms with Gasteiger partial charge >= 0.3 is 0 Å². The fraction of sp³-hybridized carbons (Fsp3) is 0.933. The van der Waals surface area contributed by atoms with Crippen LogP contribution in [0.25, 0.3) is 0 Å². The molecule has 17 heavy (non-hydrogen) atoms. The number of rotatable bonds is 10. The predicted molar refractivity (Wildman–Crippen MR) is 74.1 cm³/mol. The fourth-order valence-corrected chi connectivity index (χ4v) is 2.25. The van der Waals surface area contributed by atoms with Crippen molar-refractivity contribution >= 4 is 0 Å². The van der Waals surface area contributed by atoms with Gasteiger partial charge in [0.25, 0.3) is 0 Å². The summed E-state index contributed by atoms with van der Waals surface area (Å²) in [5.74, 6) is 0. The highest BCUT2D eigenvalue weighted by Crippen LogP contribution is 2.35. The van der Waals surface area contributed by atoms with E-state index in [9.17, 15) is 0 Å². The van der Waals surface area contributed by atoms with E-state index in [1.165, 1.54) is 12.8 Å². The molecular formula is C15H31O2. The van der Waals surface area contributed by atoms with E-state index in [1.54, 1.807) is 14.2 Å². The topological polar surface area (TPSA) is 18.5 Å². The Morgan fingerprint density at radius 2 is 1.76 bits per heavy atom. The van der Waals surface area contributed by atoms with Gasteiger partial charge in [-0.3, -0.25) is 0 Å². The van der Waals surface area contributed by atoms with Crippen LogP contribution in [0.3, 0.4) is 0 Å². The van der Waals surface area contributed by atoms with Gasteiger partial charge in [0.15, 0.2) is 0 Å². The van der Waals surface area contributed by atoms with E-state index in [4.69, 9.17) is 9.47 Å². The Hall–Kier alpha value is -0.0800. The summed E-state index contributed by atoms with van der Waals surface area (Å²) in [6.07, 6.45) is 7.38. The van der Waals surface area contributed by atoms with Crippen LogP contribution in [0.4, 0.5) is 0 Å². The van der Waals surface area contributed by atoms with Gasteiger partial charge in [0.1, 0.15) is 0 Å². The lowest BCUT2D eigenvalue weighted by Gasteiger charge is -2.36. The lowest BCUT2D eigenvalue weighted by Crippen LogP contribution is -2.33. The predicted octanol–water partition coefficient (Wildman–Crippen LogP) is 4.24. The molecule has 0 aromatic carbocycles. The maximum atomic E-state index is 5.51. The third kappa shape index (κ3) is 5.87. The molecule has 0 aliphatic rings. The molecule has 3 unspecified atom stereocenters. The van der Waals surface area contributed by atoms with E-state index in [2.05, 4.69) is 27.7 Å². The molecule has 1 radical (unpaired) electrons. The molecular weight excluding hydrogens is 212 g/mol. The van der Waals surface area contributed by atoms with Crippen LogP contribution in [-0.4, -0.2) is 26.4 Å². The Morgan fingerprint density at radius 1 is 1.12 bits per heavy atom. The van der Waals surface area contributed by atoms with Gasteiger partial charge in [-0.1, -0.05) is 26.7 Å². The Balaban J connectivity index is 4.36. The standard InChI is InChI=1S/C15H31O2/c1-7-9-11-15(4,13(3)16-5)12-10-14(8-2)17-6/h13-14H,4,7-12H2,1-3,5-6H3. The number of unbranched alkanes of at least 4 members (excludes halogenated alkanes) is 1. The molecule has 0 aliphatic heterocycles. The second-order valence-corrected chi connectivity index (χ2v) is 5.15. The van der Waals surface area contributed by atoms with Gasteiger partial charge in [-0.15, -0.1) is 0 Å². The number of hydrogen-bond donors (Lipinski definition) is 0. The average molecular weight is 243 g/mol. The van der Waals surface area contributed by atoms with Gasteiger partial charge < -0.3 is 9.47 Å². The zero-order chi connectivity index (χ0) is 13.3. The molecule has 2 heteroatoms. The smallest absolute Gasteiger partial charge is 0.0599 e. The zero-order valence-corrected chi connectivity index (χ0v) is 12.4. The lowest BCUT2D eigenvalue weighted by molar-refractivity contribution is 0.00154. The van der Waals surface area contributed by atoms with Crippen molar-refractivity contribution in [3.05, 3.63) is 6.92 Å². The molecule has 0 spiro atoms. The summed E-state index contributed by atoms with van der Waals surface area (Å²) in [5.41, 5.74) is 0.0384. The zero-order valence-electron chi connectivity index (χ0n) is 12.4.